The van der Waals surface area contributed by atoms with Gasteiger partial charge in [0.15, 0.2) is 0 Å². The Kier molecular flexibility index (Phi) is 10.2. The van der Waals surface area contributed by atoms with E-state index in [2.05, 4.69) is 20.6 Å². The molecule has 37 heavy (non-hydrogen) atoms. The first-order chi connectivity index (χ1) is 17.7. The molecular formula is C26H31AsN4O5S. The number of methoxy groups -OCH3 is 1. The van der Waals surface area contributed by atoms with Crippen LogP contribution < -0.4 is 15.2 Å². The first-order valence-electron chi connectivity index (χ1n) is 11.8. The van der Waals surface area contributed by atoms with Gasteiger partial charge in [-0.05, 0) is 18.4 Å². The Balaban J connectivity index is 1.60. The van der Waals surface area contributed by atoms with Crippen molar-refractivity contribution in [1.82, 2.24) is 20.6 Å². The molecule has 3 N–H and O–H groups in total. The predicted octanol–water partition coefficient (Wildman–Crippen LogP) is 1.98. The van der Waals surface area contributed by atoms with Crippen molar-refractivity contribution in [2.45, 2.75) is 44.9 Å². The minimum absolute atomic E-state index is 0.114. The maximum atomic E-state index is 13.1. The van der Waals surface area contributed by atoms with Gasteiger partial charge in [0, 0.05) is 0 Å². The Morgan fingerprint density at radius 1 is 1.11 bits per heavy atom. The van der Waals surface area contributed by atoms with E-state index in [0.717, 1.165) is 33.8 Å². The van der Waals surface area contributed by atoms with Gasteiger partial charge >= 0.3 is 209 Å². The van der Waals surface area contributed by atoms with Gasteiger partial charge in [0.25, 0.3) is 0 Å². The molecule has 0 saturated heterocycles. The van der Waals surface area contributed by atoms with Crippen LogP contribution in [0.15, 0.2) is 35.7 Å². The minimum atomic E-state index is -1.06. The number of aromatic nitrogens is 2. The fraction of sp³-hybridized carbons (Fsp3) is 0.346. The van der Waals surface area contributed by atoms with Crippen molar-refractivity contribution in [2.75, 3.05) is 13.7 Å². The summed E-state index contributed by atoms with van der Waals surface area (Å²) in [4.78, 5) is 47.5. The number of carbonyl (C=O) groups excluding carboxylic acids is 3. The van der Waals surface area contributed by atoms with Gasteiger partial charge in [0.05, 0.1) is 0 Å². The van der Waals surface area contributed by atoms with Crippen LogP contribution in [-0.2, 0) is 16.0 Å². The van der Waals surface area contributed by atoms with Crippen LogP contribution in [0.4, 0.5) is 0 Å². The van der Waals surface area contributed by atoms with Crippen LogP contribution in [0.25, 0.3) is 0 Å². The van der Waals surface area contributed by atoms with Crippen molar-refractivity contribution < 1.29 is 24.2 Å². The number of hydrogen-bond donors (Lipinski definition) is 3. The van der Waals surface area contributed by atoms with Gasteiger partial charge in [0.1, 0.15) is 0 Å². The van der Waals surface area contributed by atoms with E-state index in [1.807, 2.05) is 30.5 Å². The fourth-order valence-corrected chi connectivity index (χ4v) is 6.86. The predicted molar refractivity (Wildman–Crippen MR) is 144 cm³/mol. The Morgan fingerprint density at radius 3 is 2.46 bits per heavy atom. The molecule has 0 aliphatic heterocycles. The molecule has 0 bridgehead atoms. The van der Waals surface area contributed by atoms with Crippen LogP contribution in [0.1, 0.15) is 49.0 Å². The van der Waals surface area contributed by atoms with Crippen molar-refractivity contribution in [3.05, 3.63) is 68.7 Å². The molecule has 0 aliphatic rings. The van der Waals surface area contributed by atoms with Gasteiger partial charge < -0.3 is 0 Å². The molecule has 2 aromatic heterocycles. The number of phenols is 1. The van der Waals surface area contributed by atoms with Gasteiger partial charge in [-0.2, -0.15) is 0 Å². The quantitative estimate of drug-likeness (QED) is 0.178. The summed E-state index contributed by atoms with van der Waals surface area (Å²) < 4.78 is 5.60. The SMILES string of the molecule is COC(=O)C(CNC(=O)c1sccc1C)NC(=O)c1c(C)nc([AsH]CCCc2cccc(O)c2)nc1C. The third-order valence-corrected chi connectivity index (χ3v) is 9.07. The average molecular weight is 587 g/mol. The second kappa shape index (κ2) is 13.4. The number of benzene rings is 1. The van der Waals surface area contributed by atoms with Crippen LogP contribution >= 0.6 is 11.3 Å². The molecule has 1 aromatic carbocycles. The molecule has 3 rings (SSSR count). The van der Waals surface area contributed by atoms with Crippen molar-refractivity contribution >= 4 is 49.5 Å². The summed E-state index contributed by atoms with van der Waals surface area (Å²) in [5.41, 5.74) is 3.32. The Labute approximate surface area is 226 Å². The number of phenolic OH excluding ortho intramolecular Hbond substituents is 1. The molecule has 0 radical (unpaired) electrons. The third kappa shape index (κ3) is 7.87. The van der Waals surface area contributed by atoms with Crippen molar-refractivity contribution in [2.24, 2.45) is 0 Å². The van der Waals surface area contributed by atoms with E-state index in [9.17, 15) is 19.5 Å². The number of hydrogen-bond acceptors (Lipinski definition) is 8. The molecule has 2 heterocycles. The standard InChI is InChI=1S/C26H31AsN4O5S/c1-15-10-12-37-22(15)24(34)28-14-20(25(35)36-4)31-23(33)21-16(2)29-26(30-17(21)3)27-11-6-8-18-7-5-9-19(32)13-18/h5,7,9-10,12-13,20,27,32H,6,8,11,14H2,1-4H3,(H,28,34)(H,31,33). The molecule has 0 saturated carbocycles. The number of esters is 1. The third-order valence-electron chi connectivity index (χ3n) is 5.66. The van der Waals surface area contributed by atoms with Crippen LogP contribution in [0.5, 0.6) is 5.75 Å². The summed E-state index contributed by atoms with van der Waals surface area (Å²) in [5.74, 6) is -1.21. The van der Waals surface area contributed by atoms with Crippen molar-refractivity contribution in [1.29, 1.82) is 0 Å². The average Bonchev–Trinajstić information content (AvgIpc) is 3.29. The summed E-state index contributed by atoms with van der Waals surface area (Å²) in [7, 11) is 1.23. The Hall–Kier alpha value is -3.23. The second-order valence-electron chi connectivity index (χ2n) is 8.49. The van der Waals surface area contributed by atoms with Crippen molar-refractivity contribution in [3.8, 4) is 5.75 Å². The van der Waals surface area contributed by atoms with Gasteiger partial charge in [-0.1, -0.05) is 0 Å². The zero-order valence-corrected chi connectivity index (χ0v) is 24.2. The zero-order valence-electron chi connectivity index (χ0n) is 21.3. The Bertz CT molecular complexity index is 1260. The normalized spacial score (nSPS) is 11.9. The van der Waals surface area contributed by atoms with Gasteiger partial charge in [0.2, 0.25) is 0 Å². The molecule has 3 aromatic rings. The summed E-state index contributed by atoms with van der Waals surface area (Å²) in [5, 5.41) is 17.7. The first-order valence-corrected chi connectivity index (χ1v) is 15.2. The summed E-state index contributed by atoms with van der Waals surface area (Å²) in [6, 6.07) is 8.04. The van der Waals surface area contributed by atoms with E-state index >= 15 is 0 Å². The number of aryl methyl sites for hydroxylation is 4. The summed E-state index contributed by atoms with van der Waals surface area (Å²) >= 11 is 0.708. The molecule has 2 amide bonds. The second-order valence-corrected chi connectivity index (χ2v) is 12.1. The monoisotopic (exact) mass is 586 g/mol. The fourth-order valence-electron chi connectivity index (χ4n) is 3.78. The molecule has 0 spiro atoms. The van der Waals surface area contributed by atoms with Gasteiger partial charge in [-0.3, -0.25) is 0 Å². The van der Waals surface area contributed by atoms with Crippen LogP contribution in [0.2, 0.25) is 5.21 Å². The topological polar surface area (TPSA) is 131 Å². The number of ether oxygens (including phenoxy) is 1. The number of nitrogens with zero attached hydrogens (tertiary/aromatic N) is 2. The van der Waals surface area contributed by atoms with E-state index in [0.29, 0.717) is 21.8 Å². The molecule has 196 valence electrons. The number of aromatic hydroxyl groups is 1. The molecule has 9 nitrogen and oxygen atoms in total. The molecule has 11 heteroatoms. The maximum absolute atomic E-state index is 13.1. The number of amides is 2. The number of nitrogens with one attached hydrogen (secondary N) is 2. The summed E-state index contributed by atoms with van der Waals surface area (Å²) in [6.07, 6.45) is 1.83. The number of rotatable bonds is 11. The first kappa shape index (κ1) is 28.3. The molecule has 0 aliphatic carbocycles. The van der Waals surface area contributed by atoms with E-state index in [4.69, 9.17) is 4.74 Å². The molecule has 2 atom stereocenters. The number of carbonyl (C=O) groups is 3. The van der Waals surface area contributed by atoms with Crippen LogP contribution in [0, 0.1) is 20.8 Å². The van der Waals surface area contributed by atoms with E-state index in [1.165, 1.54) is 18.4 Å². The molecule has 0 fully saturated rings. The van der Waals surface area contributed by atoms with Gasteiger partial charge in [-0.15, -0.1) is 0 Å². The van der Waals surface area contributed by atoms with Crippen molar-refractivity contribution in [3.63, 3.8) is 0 Å². The van der Waals surface area contributed by atoms with Crippen LogP contribution in [-0.4, -0.2) is 68.3 Å². The van der Waals surface area contributed by atoms with Crippen LogP contribution in [0.3, 0.4) is 0 Å². The summed E-state index contributed by atoms with van der Waals surface area (Å²) in [6.45, 7) is 5.22. The van der Waals surface area contributed by atoms with Gasteiger partial charge in [-0.25, -0.2) is 0 Å². The zero-order chi connectivity index (χ0) is 26.9. The molecular weight excluding hydrogens is 555 g/mol. The van der Waals surface area contributed by atoms with E-state index in [1.54, 1.807) is 26.0 Å². The number of thiophene rings is 1. The van der Waals surface area contributed by atoms with E-state index in [-0.39, 0.29) is 18.2 Å². The molecule has 2 unspecified atom stereocenters. The van der Waals surface area contributed by atoms with E-state index < -0.39 is 33.7 Å². The Morgan fingerprint density at radius 2 is 1.84 bits per heavy atom.